The van der Waals surface area contributed by atoms with E-state index in [1.165, 1.54) is 0 Å². The minimum atomic E-state index is 0.367. The molecule has 0 atom stereocenters. The molecule has 0 saturated carbocycles. The van der Waals surface area contributed by atoms with Crippen LogP contribution < -0.4 is 5.48 Å². The van der Waals surface area contributed by atoms with E-state index in [1.807, 2.05) is 6.07 Å². The van der Waals surface area contributed by atoms with Gasteiger partial charge in [0, 0.05) is 28.7 Å². The quantitative estimate of drug-likeness (QED) is 0.833. The van der Waals surface area contributed by atoms with E-state index in [-0.39, 0.29) is 0 Å². The molecule has 0 aliphatic rings. The molecule has 5 heteroatoms. The summed E-state index contributed by atoms with van der Waals surface area (Å²) < 4.78 is 5.90. The summed E-state index contributed by atoms with van der Waals surface area (Å²) in [6.45, 7) is 0.831. The SMILES string of the molecule is COCc1c(Cl)cc(CNO)cc1Br. The Kier molecular flexibility index (Phi) is 4.84. The van der Waals surface area contributed by atoms with Crippen molar-refractivity contribution in [2.45, 2.75) is 13.2 Å². The molecule has 0 aliphatic heterocycles. The molecule has 0 radical (unpaired) electrons. The molecule has 1 aromatic carbocycles. The second-order valence-electron chi connectivity index (χ2n) is 2.81. The van der Waals surface area contributed by atoms with Crippen LogP contribution >= 0.6 is 27.5 Å². The maximum Gasteiger partial charge on any atom is 0.0738 e. The lowest BCUT2D eigenvalue weighted by Crippen LogP contribution is -2.06. The Morgan fingerprint density at radius 1 is 1.57 bits per heavy atom. The van der Waals surface area contributed by atoms with Gasteiger partial charge in [-0.3, -0.25) is 0 Å². The molecule has 2 N–H and O–H groups in total. The third kappa shape index (κ3) is 2.93. The number of hydrogen-bond acceptors (Lipinski definition) is 3. The molecule has 0 fully saturated rings. The first-order valence-corrected chi connectivity index (χ1v) is 5.18. The molecule has 0 bridgehead atoms. The first-order chi connectivity index (χ1) is 6.69. The molecular formula is C9H11BrClNO2. The van der Waals surface area contributed by atoms with E-state index in [2.05, 4.69) is 21.4 Å². The van der Waals surface area contributed by atoms with Gasteiger partial charge in [-0.2, -0.15) is 0 Å². The zero-order valence-corrected chi connectivity index (χ0v) is 10.0. The zero-order valence-electron chi connectivity index (χ0n) is 7.68. The van der Waals surface area contributed by atoms with E-state index in [1.54, 1.807) is 13.2 Å². The van der Waals surface area contributed by atoms with Crippen LogP contribution in [0.2, 0.25) is 5.02 Å². The molecule has 0 aromatic heterocycles. The van der Waals surface area contributed by atoms with Gasteiger partial charge >= 0.3 is 0 Å². The van der Waals surface area contributed by atoms with Gasteiger partial charge in [0.05, 0.1) is 6.61 Å². The fourth-order valence-electron chi connectivity index (χ4n) is 1.13. The molecule has 3 nitrogen and oxygen atoms in total. The largest absolute Gasteiger partial charge is 0.380 e. The van der Waals surface area contributed by atoms with Crippen molar-refractivity contribution in [2.24, 2.45) is 0 Å². The second-order valence-corrected chi connectivity index (χ2v) is 4.07. The van der Waals surface area contributed by atoms with Crippen LogP contribution in [0, 0.1) is 0 Å². The van der Waals surface area contributed by atoms with Crippen molar-refractivity contribution in [1.82, 2.24) is 5.48 Å². The lowest BCUT2D eigenvalue weighted by atomic mass is 10.1. The Labute approximate surface area is 96.1 Å². The van der Waals surface area contributed by atoms with Crippen molar-refractivity contribution in [3.8, 4) is 0 Å². The van der Waals surface area contributed by atoms with Gasteiger partial charge < -0.3 is 9.94 Å². The average Bonchev–Trinajstić information content (AvgIpc) is 2.12. The predicted octanol–water partition coefficient (Wildman–Crippen LogP) is 2.73. The molecular weight excluding hydrogens is 269 g/mol. The van der Waals surface area contributed by atoms with Crippen molar-refractivity contribution in [3.63, 3.8) is 0 Å². The van der Waals surface area contributed by atoms with Crippen molar-refractivity contribution in [2.75, 3.05) is 7.11 Å². The number of rotatable bonds is 4. The molecule has 0 aliphatic carbocycles. The second kappa shape index (κ2) is 5.68. The number of halogens is 2. The van der Waals surface area contributed by atoms with Crippen molar-refractivity contribution >= 4 is 27.5 Å². The van der Waals surface area contributed by atoms with Gasteiger partial charge in [-0.15, -0.1) is 0 Å². The summed E-state index contributed by atoms with van der Waals surface area (Å²) in [4.78, 5) is 0. The predicted molar refractivity (Wildman–Crippen MR) is 58.5 cm³/mol. The Morgan fingerprint density at radius 2 is 2.29 bits per heavy atom. The molecule has 0 unspecified atom stereocenters. The van der Waals surface area contributed by atoms with Gasteiger partial charge in [0.15, 0.2) is 0 Å². The number of hydroxylamine groups is 1. The Bertz CT molecular complexity index is 297. The summed E-state index contributed by atoms with van der Waals surface area (Å²) in [5.74, 6) is 0. The molecule has 1 rings (SSSR count). The highest BCUT2D eigenvalue weighted by atomic mass is 79.9. The fraction of sp³-hybridized carbons (Fsp3) is 0.333. The van der Waals surface area contributed by atoms with Crippen LogP contribution in [0.25, 0.3) is 0 Å². The molecule has 0 spiro atoms. The number of nitrogens with one attached hydrogen (secondary N) is 1. The summed E-state index contributed by atoms with van der Waals surface area (Å²) in [6.07, 6.45) is 0. The highest BCUT2D eigenvalue weighted by molar-refractivity contribution is 9.10. The maximum absolute atomic E-state index is 8.54. The third-order valence-corrected chi connectivity index (χ3v) is 2.82. The highest BCUT2D eigenvalue weighted by Crippen LogP contribution is 2.27. The molecule has 0 saturated heterocycles. The van der Waals surface area contributed by atoms with Crippen LogP contribution in [0.4, 0.5) is 0 Å². The first kappa shape index (κ1) is 11.9. The van der Waals surface area contributed by atoms with E-state index in [4.69, 9.17) is 21.5 Å². The standard InChI is InChI=1S/C9H11BrClNO2/c1-14-5-7-8(10)2-6(4-12-13)3-9(7)11/h2-3,12-13H,4-5H2,1H3. The monoisotopic (exact) mass is 279 g/mol. The lowest BCUT2D eigenvalue weighted by molar-refractivity contribution is 0.161. The fourth-order valence-corrected chi connectivity index (χ4v) is 2.16. The highest BCUT2D eigenvalue weighted by Gasteiger charge is 2.07. The van der Waals surface area contributed by atoms with Crippen LogP contribution in [0.15, 0.2) is 16.6 Å². The number of hydrogen-bond donors (Lipinski definition) is 2. The van der Waals surface area contributed by atoms with E-state index in [0.29, 0.717) is 18.2 Å². The molecule has 78 valence electrons. The van der Waals surface area contributed by atoms with Gasteiger partial charge in [-0.05, 0) is 17.7 Å². The van der Waals surface area contributed by atoms with Gasteiger partial charge in [0.2, 0.25) is 0 Å². The van der Waals surface area contributed by atoms with Gasteiger partial charge in [-0.1, -0.05) is 27.5 Å². The smallest absolute Gasteiger partial charge is 0.0738 e. The van der Waals surface area contributed by atoms with Crippen LogP contribution in [0.1, 0.15) is 11.1 Å². The Hall–Kier alpha value is -0.130. The van der Waals surface area contributed by atoms with E-state index in [0.717, 1.165) is 15.6 Å². The van der Waals surface area contributed by atoms with Gasteiger partial charge in [0.25, 0.3) is 0 Å². The Balaban J connectivity index is 2.98. The first-order valence-electron chi connectivity index (χ1n) is 4.01. The van der Waals surface area contributed by atoms with Crippen LogP contribution in [-0.2, 0) is 17.9 Å². The summed E-state index contributed by atoms with van der Waals surface area (Å²) in [7, 11) is 1.62. The summed E-state index contributed by atoms with van der Waals surface area (Å²) in [6, 6.07) is 3.69. The lowest BCUT2D eigenvalue weighted by Gasteiger charge is -2.08. The van der Waals surface area contributed by atoms with Gasteiger partial charge in [0.1, 0.15) is 0 Å². The topological polar surface area (TPSA) is 41.5 Å². The minimum absolute atomic E-state index is 0.367. The zero-order chi connectivity index (χ0) is 10.6. The minimum Gasteiger partial charge on any atom is -0.380 e. The van der Waals surface area contributed by atoms with Gasteiger partial charge in [-0.25, -0.2) is 5.48 Å². The average molecular weight is 281 g/mol. The number of methoxy groups -OCH3 is 1. The van der Waals surface area contributed by atoms with Crippen LogP contribution in [-0.4, -0.2) is 12.3 Å². The van der Waals surface area contributed by atoms with Crippen molar-refractivity contribution < 1.29 is 9.94 Å². The van der Waals surface area contributed by atoms with Crippen molar-refractivity contribution in [3.05, 3.63) is 32.8 Å². The molecule has 0 heterocycles. The summed E-state index contributed by atoms with van der Waals surface area (Å²) in [5.41, 5.74) is 3.90. The molecule has 0 amide bonds. The Morgan fingerprint density at radius 3 is 2.79 bits per heavy atom. The normalized spacial score (nSPS) is 10.6. The molecule has 14 heavy (non-hydrogen) atoms. The third-order valence-electron chi connectivity index (χ3n) is 1.77. The number of benzene rings is 1. The van der Waals surface area contributed by atoms with E-state index in [9.17, 15) is 0 Å². The summed E-state index contributed by atoms with van der Waals surface area (Å²) >= 11 is 9.42. The number of ether oxygens (including phenoxy) is 1. The van der Waals surface area contributed by atoms with E-state index < -0.39 is 0 Å². The van der Waals surface area contributed by atoms with Crippen molar-refractivity contribution in [1.29, 1.82) is 0 Å². The van der Waals surface area contributed by atoms with E-state index >= 15 is 0 Å². The molecule has 1 aromatic rings. The van der Waals surface area contributed by atoms with Crippen LogP contribution in [0.5, 0.6) is 0 Å². The summed E-state index contributed by atoms with van der Waals surface area (Å²) in [5, 5.41) is 9.17. The van der Waals surface area contributed by atoms with Crippen LogP contribution in [0.3, 0.4) is 0 Å². The maximum atomic E-state index is 8.54.